The maximum atomic E-state index is 12.3. The van der Waals surface area contributed by atoms with E-state index in [-0.39, 0.29) is 5.56 Å². The molecule has 0 aliphatic rings. The van der Waals surface area contributed by atoms with E-state index in [4.69, 9.17) is 0 Å². The van der Waals surface area contributed by atoms with Crippen LogP contribution in [-0.4, -0.2) is 15.3 Å². The Hall–Kier alpha value is -1.29. The maximum absolute atomic E-state index is 12.3. The van der Waals surface area contributed by atoms with Crippen LogP contribution in [0.3, 0.4) is 0 Å². The second kappa shape index (κ2) is 6.05. The van der Waals surface area contributed by atoms with Crippen molar-refractivity contribution in [3.63, 3.8) is 0 Å². The molecule has 4 heteroatoms. The normalized spacial score (nSPS) is 12.8. The van der Waals surface area contributed by atoms with Crippen molar-refractivity contribution in [3.8, 4) is 0 Å². The third-order valence-corrected chi connectivity index (χ3v) is 3.66. The third-order valence-electron chi connectivity index (χ3n) is 3.14. The number of fused-ring (bicyclic) bond motifs is 1. The first-order valence-electron chi connectivity index (χ1n) is 6.31. The predicted molar refractivity (Wildman–Crippen MR) is 78.3 cm³/mol. The number of benzene rings is 1. The Labute approximate surface area is 112 Å². The van der Waals surface area contributed by atoms with Crippen molar-refractivity contribution in [3.05, 3.63) is 40.9 Å². The van der Waals surface area contributed by atoms with Crippen LogP contribution >= 0.6 is 12.6 Å². The largest absolute Gasteiger partial charge is 0.298 e. The van der Waals surface area contributed by atoms with Gasteiger partial charge in [-0.25, -0.2) is 4.98 Å². The average Bonchev–Trinajstić information content (AvgIpc) is 2.41. The second-order valence-electron chi connectivity index (χ2n) is 4.56. The fourth-order valence-corrected chi connectivity index (χ4v) is 2.46. The summed E-state index contributed by atoms with van der Waals surface area (Å²) in [5, 5.41) is 0.689. The molecule has 96 valence electrons. The highest BCUT2D eigenvalue weighted by molar-refractivity contribution is 7.80. The molecule has 0 saturated heterocycles. The van der Waals surface area contributed by atoms with Gasteiger partial charge >= 0.3 is 0 Å². The van der Waals surface area contributed by atoms with Gasteiger partial charge in [0, 0.05) is 6.54 Å². The van der Waals surface area contributed by atoms with E-state index >= 15 is 0 Å². The predicted octanol–water partition coefficient (Wildman–Crippen LogP) is 2.74. The van der Waals surface area contributed by atoms with Gasteiger partial charge in [-0.3, -0.25) is 9.36 Å². The van der Waals surface area contributed by atoms with Crippen molar-refractivity contribution in [1.29, 1.82) is 0 Å². The summed E-state index contributed by atoms with van der Waals surface area (Å²) in [6.45, 7) is 2.85. The first kappa shape index (κ1) is 13.1. The van der Waals surface area contributed by atoms with E-state index in [1.807, 2.05) is 24.3 Å². The van der Waals surface area contributed by atoms with Crippen molar-refractivity contribution in [1.82, 2.24) is 9.55 Å². The Kier molecular flexibility index (Phi) is 4.42. The summed E-state index contributed by atoms with van der Waals surface area (Å²) in [6.07, 6.45) is 3.85. The van der Waals surface area contributed by atoms with Gasteiger partial charge in [-0.1, -0.05) is 25.5 Å². The Bertz CT molecular complexity index is 579. The summed E-state index contributed by atoms with van der Waals surface area (Å²) >= 11 is 4.35. The van der Waals surface area contributed by atoms with Crippen molar-refractivity contribution in [2.75, 3.05) is 5.75 Å². The van der Waals surface area contributed by atoms with Crippen LogP contribution in [0.2, 0.25) is 0 Å². The minimum atomic E-state index is 0.0449. The summed E-state index contributed by atoms with van der Waals surface area (Å²) < 4.78 is 1.71. The van der Waals surface area contributed by atoms with E-state index < -0.39 is 0 Å². The molecule has 2 aromatic rings. The number of aromatic nitrogens is 2. The van der Waals surface area contributed by atoms with Crippen LogP contribution in [0.25, 0.3) is 10.9 Å². The molecule has 0 fully saturated rings. The van der Waals surface area contributed by atoms with Gasteiger partial charge in [0.25, 0.3) is 5.56 Å². The maximum Gasteiger partial charge on any atom is 0.261 e. The van der Waals surface area contributed by atoms with Crippen molar-refractivity contribution < 1.29 is 0 Å². The zero-order chi connectivity index (χ0) is 13.0. The summed E-state index contributed by atoms with van der Waals surface area (Å²) in [7, 11) is 0. The quantitative estimate of drug-likeness (QED) is 0.841. The van der Waals surface area contributed by atoms with Crippen molar-refractivity contribution >= 4 is 23.5 Å². The highest BCUT2D eigenvalue weighted by Crippen LogP contribution is 2.11. The zero-order valence-electron chi connectivity index (χ0n) is 10.5. The Morgan fingerprint density at radius 1 is 1.39 bits per heavy atom. The third kappa shape index (κ3) is 2.75. The molecule has 1 heterocycles. The monoisotopic (exact) mass is 262 g/mol. The molecule has 2 rings (SSSR count). The molecule has 0 aliphatic heterocycles. The zero-order valence-corrected chi connectivity index (χ0v) is 11.4. The Morgan fingerprint density at radius 2 is 2.17 bits per heavy atom. The Morgan fingerprint density at radius 3 is 2.89 bits per heavy atom. The molecule has 0 N–H and O–H groups in total. The number of rotatable bonds is 5. The number of thiol groups is 1. The SMILES string of the molecule is CCCC(CS)Cn1cnc2ccccc2c1=O. The molecular formula is C14H18N2OS. The van der Waals surface area contributed by atoms with Crippen LogP contribution in [-0.2, 0) is 6.54 Å². The molecule has 0 saturated carbocycles. The molecular weight excluding hydrogens is 244 g/mol. The van der Waals surface area contributed by atoms with E-state index in [9.17, 15) is 4.79 Å². The number of hydrogen-bond acceptors (Lipinski definition) is 3. The molecule has 0 spiro atoms. The van der Waals surface area contributed by atoms with Crippen molar-refractivity contribution in [2.24, 2.45) is 5.92 Å². The number of para-hydroxylation sites is 1. The number of nitrogens with zero attached hydrogens (tertiary/aromatic N) is 2. The standard InChI is InChI=1S/C14H18N2OS/c1-2-5-11(9-18)8-16-10-15-13-7-4-3-6-12(13)14(16)17/h3-4,6-7,10-11,18H,2,5,8-9H2,1H3. The van der Waals surface area contributed by atoms with E-state index in [1.54, 1.807) is 10.9 Å². The lowest BCUT2D eigenvalue weighted by atomic mass is 10.1. The molecule has 1 aromatic heterocycles. The first-order valence-corrected chi connectivity index (χ1v) is 6.94. The average molecular weight is 262 g/mol. The van der Waals surface area contributed by atoms with Crippen LogP contribution in [0, 0.1) is 5.92 Å². The van der Waals surface area contributed by atoms with Gasteiger partial charge in [0.2, 0.25) is 0 Å². The molecule has 1 atom stereocenters. The van der Waals surface area contributed by atoms with Crippen LogP contribution in [0.15, 0.2) is 35.4 Å². The van der Waals surface area contributed by atoms with Crippen molar-refractivity contribution in [2.45, 2.75) is 26.3 Å². The van der Waals surface area contributed by atoms with E-state index in [0.29, 0.717) is 17.8 Å². The summed E-state index contributed by atoms with van der Waals surface area (Å²) in [6, 6.07) is 7.46. The second-order valence-corrected chi connectivity index (χ2v) is 4.92. The lowest BCUT2D eigenvalue weighted by Crippen LogP contribution is -2.25. The van der Waals surface area contributed by atoms with Gasteiger partial charge in [0.15, 0.2) is 0 Å². The van der Waals surface area contributed by atoms with Crippen LogP contribution in [0.5, 0.6) is 0 Å². The van der Waals surface area contributed by atoms with Crippen LogP contribution < -0.4 is 5.56 Å². The van der Waals surface area contributed by atoms with E-state index in [0.717, 1.165) is 24.1 Å². The van der Waals surface area contributed by atoms with Gasteiger partial charge in [-0.05, 0) is 30.2 Å². The van der Waals surface area contributed by atoms with Gasteiger partial charge in [-0.15, -0.1) is 0 Å². The molecule has 1 unspecified atom stereocenters. The van der Waals surface area contributed by atoms with Gasteiger partial charge in [0.1, 0.15) is 0 Å². The minimum absolute atomic E-state index is 0.0449. The fraction of sp³-hybridized carbons (Fsp3) is 0.429. The van der Waals surface area contributed by atoms with E-state index in [2.05, 4.69) is 24.5 Å². The fourth-order valence-electron chi connectivity index (χ4n) is 2.16. The van der Waals surface area contributed by atoms with Crippen LogP contribution in [0.4, 0.5) is 0 Å². The highest BCUT2D eigenvalue weighted by atomic mass is 32.1. The Balaban J connectivity index is 2.34. The number of hydrogen-bond donors (Lipinski definition) is 1. The smallest absolute Gasteiger partial charge is 0.261 e. The molecule has 3 nitrogen and oxygen atoms in total. The minimum Gasteiger partial charge on any atom is -0.298 e. The molecule has 0 radical (unpaired) electrons. The van der Waals surface area contributed by atoms with Gasteiger partial charge < -0.3 is 0 Å². The molecule has 0 aliphatic carbocycles. The van der Waals surface area contributed by atoms with E-state index in [1.165, 1.54) is 0 Å². The highest BCUT2D eigenvalue weighted by Gasteiger charge is 2.09. The molecule has 0 bridgehead atoms. The summed E-state index contributed by atoms with van der Waals surface area (Å²) in [5.74, 6) is 1.23. The lowest BCUT2D eigenvalue weighted by Gasteiger charge is -2.15. The first-order chi connectivity index (χ1) is 8.76. The topological polar surface area (TPSA) is 34.9 Å². The van der Waals surface area contributed by atoms with Crippen LogP contribution in [0.1, 0.15) is 19.8 Å². The molecule has 1 aromatic carbocycles. The summed E-state index contributed by atoms with van der Waals surface area (Å²) in [4.78, 5) is 16.6. The molecule has 0 amide bonds. The molecule has 18 heavy (non-hydrogen) atoms. The van der Waals surface area contributed by atoms with Gasteiger partial charge in [-0.2, -0.15) is 12.6 Å². The summed E-state index contributed by atoms with van der Waals surface area (Å²) in [5.41, 5.74) is 0.806. The lowest BCUT2D eigenvalue weighted by molar-refractivity contribution is 0.444. The van der Waals surface area contributed by atoms with Gasteiger partial charge in [0.05, 0.1) is 17.2 Å².